The Labute approximate surface area is 87.8 Å². The third kappa shape index (κ3) is 2.84. The van der Waals surface area contributed by atoms with E-state index >= 15 is 0 Å². The Kier molecular flexibility index (Phi) is 2.79. The lowest BCUT2D eigenvalue weighted by Gasteiger charge is -2.21. The Morgan fingerprint density at radius 1 is 1.13 bits per heavy atom. The highest BCUT2D eigenvalue weighted by atomic mass is 31.2. The lowest BCUT2D eigenvalue weighted by molar-refractivity contribution is 0.947. The van der Waals surface area contributed by atoms with Gasteiger partial charge in [0.05, 0.1) is 13.1 Å². The average Bonchev–Trinajstić information content (AvgIpc) is 2.75. The lowest BCUT2D eigenvalue weighted by Crippen LogP contribution is -2.42. The van der Waals surface area contributed by atoms with Crippen molar-refractivity contribution in [2.24, 2.45) is 15.5 Å². The zero-order valence-corrected chi connectivity index (χ0v) is 9.14. The van der Waals surface area contributed by atoms with Gasteiger partial charge in [0.25, 0.3) is 0 Å². The smallest absolute Gasteiger partial charge is 0.209 e. The molecule has 0 bridgehead atoms. The van der Waals surface area contributed by atoms with E-state index in [1.165, 1.54) is 0 Å². The molecule has 84 valence electrons. The summed E-state index contributed by atoms with van der Waals surface area (Å²) in [7, 11) is -2.68. The molecular formula is C6H15N8P. The summed E-state index contributed by atoms with van der Waals surface area (Å²) < 4.78 is 0. The molecule has 0 aliphatic carbocycles. The van der Waals surface area contributed by atoms with E-state index in [9.17, 15) is 0 Å². The van der Waals surface area contributed by atoms with Crippen molar-refractivity contribution in [2.45, 2.75) is 0 Å². The van der Waals surface area contributed by atoms with Crippen LogP contribution in [-0.4, -0.2) is 38.1 Å². The minimum atomic E-state index is -2.68. The van der Waals surface area contributed by atoms with Crippen LogP contribution in [0.2, 0.25) is 0 Å². The number of nitrogens with zero attached hydrogens (tertiary/aromatic N) is 2. The molecule has 0 unspecified atom stereocenters. The van der Waals surface area contributed by atoms with E-state index in [0.717, 1.165) is 26.2 Å². The van der Waals surface area contributed by atoms with Gasteiger partial charge in [0.1, 0.15) is 0 Å². The maximum atomic E-state index is 7.88. The normalized spacial score (nSPS) is 20.1. The van der Waals surface area contributed by atoms with Crippen molar-refractivity contribution < 1.29 is 0 Å². The molecule has 8 nitrogen and oxygen atoms in total. The van der Waals surface area contributed by atoms with Crippen LogP contribution in [0.4, 0.5) is 0 Å². The van der Waals surface area contributed by atoms with Crippen molar-refractivity contribution in [3.63, 3.8) is 0 Å². The Bertz CT molecular complexity index is 317. The van der Waals surface area contributed by atoms with Crippen molar-refractivity contribution in [1.82, 2.24) is 20.8 Å². The zero-order valence-electron chi connectivity index (χ0n) is 8.25. The fourth-order valence-electron chi connectivity index (χ4n) is 1.31. The Morgan fingerprint density at radius 3 is 1.93 bits per heavy atom. The molecule has 15 heavy (non-hydrogen) atoms. The van der Waals surface area contributed by atoms with E-state index in [4.69, 9.17) is 10.7 Å². The van der Waals surface area contributed by atoms with E-state index in [2.05, 4.69) is 30.8 Å². The molecule has 2 heterocycles. The third-order valence-electron chi connectivity index (χ3n) is 1.91. The second-order valence-corrected chi connectivity index (χ2v) is 5.15. The molecule has 0 spiro atoms. The van der Waals surface area contributed by atoms with Crippen LogP contribution in [0.25, 0.3) is 0 Å². The molecule has 0 radical (unpaired) electrons. The fourth-order valence-corrected chi connectivity index (χ4v) is 2.33. The number of aliphatic imine (C=N–C) groups is 2. The van der Waals surface area contributed by atoms with Crippen molar-refractivity contribution in [3.8, 4) is 0 Å². The van der Waals surface area contributed by atoms with Crippen LogP contribution < -0.4 is 26.3 Å². The molecule has 0 aromatic heterocycles. The van der Waals surface area contributed by atoms with Crippen molar-refractivity contribution in [3.05, 3.63) is 0 Å². The van der Waals surface area contributed by atoms with Crippen molar-refractivity contribution >= 4 is 19.4 Å². The molecule has 0 atom stereocenters. The standard InChI is InChI=1S/C6H15N8P/c7-15(8,13-5-9-1-2-10-5)14-6-11-3-4-12-6/h1-4H2,(H7,7,8,9,10,11,12,13,14). The van der Waals surface area contributed by atoms with E-state index in [-0.39, 0.29) is 0 Å². The third-order valence-corrected chi connectivity index (χ3v) is 3.04. The van der Waals surface area contributed by atoms with Crippen LogP contribution in [0.5, 0.6) is 0 Å². The largest absolute Gasteiger partial charge is 0.354 e. The predicted octanol–water partition coefficient (Wildman–Crippen LogP) is -1.43. The van der Waals surface area contributed by atoms with Crippen molar-refractivity contribution in [2.75, 3.05) is 26.2 Å². The molecule has 2 rings (SSSR count). The van der Waals surface area contributed by atoms with Gasteiger partial charge in [-0.2, -0.15) is 0 Å². The maximum Gasteiger partial charge on any atom is 0.209 e. The van der Waals surface area contributed by atoms with E-state index in [1.54, 1.807) is 0 Å². The summed E-state index contributed by atoms with van der Waals surface area (Å²) in [6, 6.07) is 0. The number of hydrogen-bond donors (Lipinski definition) is 6. The van der Waals surface area contributed by atoms with Gasteiger partial charge in [0.2, 0.25) is 7.51 Å². The van der Waals surface area contributed by atoms with Gasteiger partial charge in [-0.15, -0.1) is 0 Å². The molecule has 9 heteroatoms. The quantitative estimate of drug-likeness (QED) is 0.325. The van der Waals surface area contributed by atoms with Crippen LogP contribution in [0.15, 0.2) is 9.98 Å². The Balaban J connectivity index is 1.91. The highest BCUT2D eigenvalue weighted by Gasteiger charge is 2.18. The second-order valence-electron chi connectivity index (χ2n) is 3.26. The van der Waals surface area contributed by atoms with Gasteiger partial charge >= 0.3 is 0 Å². The lowest BCUT2D eigenvalue weighted by atomic mass is 10.7. The highest BCUT2D eigenvalue weighted by Crippen LogP contribution is 2.25. The van der Waals surface area contributed by atoms with E-state index in [0.29, 0.717) is 11.9 Å². The first kappa shape index (κ1) is 10.3. The molecule has 0 amide bonds. The highest BCUT2D eigenvalue weighted by molar-refractivity contribution is 7.60. The van der Waals surface area contributed by atoms with Gasteiger partial charge in [0, 0.05) is 13.1 Å². The minimum absolute atomic E-state index is 0.590. The summed E-state index contributed by atoms with van der Waals surface area (Å²) in [5, 5.41) is 19.6. The molecule has 0 aromatic rings. The van der Waals surface area contributed by atoms with Gasteiger partial charge in [-0.25, -0.2) is 0 Å². The Hall–Kier alpha value is -1.27. The Morgan fingerprint density at radius 2 is 1.60 bits per heavy atom. The van der Waals surface area contributed by atoms with Crippen LogP contribution in [-0.2, 0) is 0 Å². The summed E-state index contributed by atoms with van der Waals surface area (Å²) in [5.74, 6) is 1.18. The SMILES string of the molecule is N=P(N)(NC1=NCCN1)NC1=NCCN1. The van der Waals surface area contributed by atoms with Crippen LogP contribution in [0.3, 0.4) is 0 Å². The number of nitrogens with one attached hydrogen (secondary N) is 5. The summed E-state index contributed by atoms with van der Waals surface area (Å²) >= 11 is 0. The molecule has 2 aliphatic heterocycles. The number of rotatable bonds is 2. The first-order valence-corrected chi connectivity index (χ1v) is 6.57. The molecule has 0 fully saturated rings. The fraction of sp³-hybridized carbons (Fsp3) is 0.667. The first-order valence-electron chi connectivity index (χ1n) is 4.72. The summed E-state index contributed by atoms with van der Waals surface area (Å²) in [4.78, 5) is 8.23. The molecular weight excluding hydrogens is 215 g/mol. The molecule has 2 aliphatic rings. The number of nitrogens with two attached hydrogens (primary N) is 1. The minimum Gasteiger partial charge on any atom is -0.354 e. The van der Waals surface area contributed by atoms with Gasteiger partial charge in [-0.1, -0.05) is 0 Å². The topological polar surface area (TPSA) is 123 Å². The maximum absolute atomic E-state index is 7.88. The summed E-state index contributed by atoms with van der Waals surface area (Å²) in [6.07, 6.45) is 0. The van der Waals surface area contributed by atoms with Crippen LogP contribution in [0.1, 0.15) is 0 Å². The van der Waals surface area contributed by atoms with Gasteiger partial charge in [0.15, 0.2) is 11.9 Å². The van der Waals surface area contributed by atoms with Crippen molar-refractivity contribution in [1.29, 1.82) is 5.16 Å². The van der Waals surface area contributed by atoms with Crippen LogP contribution >= 0.6 is 7.51 Å². The average molecular weight is 230 g/mol. The van der Waals surface area contributed by atoms with Crippen LogP contribution in [0, 0.1) is 5.16 Å². The first-order chi connectivity index (χ1) is 7.16. The summed E-state index contributed by atoms with van der Waals surface area (Å²) in [6.45, 7) is 3.03. The monoisotopic (exact) mass is 230 g/mol. The zero-order chi connectivity index (χ0) is 10.7. The summed E-state index contributed by atoms with van der Waals surface area (Å²) in [5.41, 5.74) is 5.79. The van der Waals surface area contributed by atoms with E-state index in [1.807, 2.05) is 0 Å². The van der Waals surface area contributed by atoms with E-state index < -0.39 is 7.51 Å². The second kappa shape index (κ2) is 4.08. The van der Waals surface area contributed by atoms with Gasteiger partial charge in [-0.3, -0.25) is 30.8 Å². The predicted molar refractivity (Wildman–Crippen MR) is 60.7 cm³/mol. The molecule has 7 N–H and O–H groups in total. The number of hydrogen-bond acceptors (Lipinski definition) is 5. The van der Waals surface area contributed by atoms with Gasteiger partial charge in [-0.05, 0) is 0 Å². The van der Waals surface area contributed by atoms with Gasteiger partial charge < -0.3 is 10.6 Å². The molecule has 0 aromatic carbocycles. The molecule has 0 saturated heterocycles. The molecule has 0 saturated carbocycles. The number of guanidine groups is 2.